The van der Waals surface area contributed by atoms with Gasteiger partial charge in [0.15, 0.2) is 0 Å². The maximum atomic E-state index is 13.5. The highest BCUT2D eigenvalue weighted by molar-refractivity contribution is 5.96. The van der Waals surface area contributed by atoms with Crippen LogP contribution in [-0.4, -0.2) is 20.4 Å². The molecule has 0 saturated carbocycles. The lowest BCUT2D eigenvalue weighted by Gasteiger charge is -2.07. The lowest BCUT2D eigenvalue weighted by atomic mass is 10.1. The summed E-state index contributed by atoms with van der Waals surface area (Å²) >= 11 is 0. The number of H-pyrrole nitrogens is 1. The van der Waals surface area contributed by atoms with E-state index in [1.54, 1.807) is 18.2 Å². The van der Waals surface area contributed by atoms with Crippen molar-refractivity contribution in [3.63, 3.8) is 0 Å². The number of imidazole rings is 1. The highest BCUT2D eigenvalue weighted by atomic mass is 19.1. The number of carbonyl (C=O) groups excluding carboxylic acids is 1. The van der Waals surface area contributed by atoms with Gasteiger partial charge >= 0.3 is 0 Å². The highest BCUT2D eigenvalue weighted by Gasteiger charge is 2.12. The maximum Gasteiger partial charge on any atom is 0.248 e. The van der Waals surface area contributed by atoms with E-state index in [0.29, 0.717) is 16.9 Å². The number of benzene rings is 3. The Kier molecular flexibility index (Phi) is 3.52. The largest absolute Gasteiger partial charge is 0.366 e. The molecule has 28 heavy (non-hydrogen) atoms. The smallest absolute Gasteiger partial charge is 0.248 e. The molecule has 0 aliphatic heterocycles. The first-order valence-corrected chi connectivity index (χ1v) is 8.76. The first-order valence-electron chi connectivity index (χ1n) is 8.76. The van der Waals surface area contributed by atoms with Crippen LogP contribution in [-0.2, 0) is 0 Å². The lowest BCUT2D eigenvalue weighted by molar-refractivity contribution is 0.100. The van der Waals surface area contributed by atoms with Gasteiger partial charge in [-0.15, -0.1) is 0 Å². The van der Waals surface area contributed by atoms with Crippen LogP contribution in [0.4, 0.5) is 4.39 Å². The molecule has 5 rings (SSSR count). The van der Waals surface area contributed by atoms with Crippen LogP contribution in [0, 0.1) is 5.82 Å². The quantitative estimate of drug-likeness (QED) is 0.493. The standard InChI is InChI=1S/C22H15FN4O/c23-14-6-9-18-19(12-14)26-22(25-18)17-2-1-3-20-16(17)10-11-27(20)15-7-4-13(5-8-15)21(24)28/h1-12H,(H2,24,28)(H,25,26). The number of halogens is 1. The third-order valence-corrected chi connectivity index (χ3v) is 4.86. The monoisotopic (exact) mass is 370 g/mol. The Morgan fingerprint density at radius 1 is 1.04 bits per heavy atom. The summed E-state index contributed by atoms with van der Waals surface area (Å²) in [6.45, 7) is 0. The van der Waals surface area contributed by atoms with Crippen molar-refractivity contribution in [2.75, 3.05) is 0 Å². The average Bonchev–Trinajstić information content (AvgIpc) is 3.31. The number of nitrogens with two attached hydrogens (primary N) is 1. The normalized spacial score (nSPS) is 11.3. The number of aromatic nitrogens is 3. The predicted molar refractivity (Wildman–Crippen MR) is 107 cm³/mol. The van der Waals surface area contributed by atoms with Gasteiger partial charge in [0.05, 0.1) is 16.6 Å². The molecule has 0 spiro atoms. The molecule has 3 aromatic carbocycles. The number of hydrogen-bond donors (Lipinski definition) is 2. The average molecular weight is 370 g/mol. The zero-order chi connectivity index (χ0) is 19.3. The second-order valence-corrected chi connectivity index (χ2v) is 6.58. The van der Waals surface area contributed by atoms with Gasteiger partial charge in [-0.05, 0) is 54.6 Å². The van der Waals surface area contributed by atoms with Gasteiger partial charge < -0.3 is 15.3 Å². The first-order chi connectivity index (χ1) is 13.6. The number of aromatic amines is 1. The van der Waals surface area contributed by atoms with Gasteiger partial charge in [0.25, 0.3) is 0 Å². The Morgan fingerprint density at radius 3 is 2.64 bits per heavy atom. The third kappa shape index (κ3) is 2.54. The molecule has 0 atom stereocenters. The zero-order valence-electron chi connectivity index (χ0n) is 14.7. The van der Waals surface area contributed by atoms with Crippen molar-refractivity contribution < 1.29 is 9.18 Å². The number of fused-ring (bicyclic) bond motifs is 2. The number of rotatable bonds is 3. The summed E-state index contributed by atoms with van der Waals surface area (Å²) in [5.74, 6) is -0.0629. The number of carbonyl (C=O) groups is 1. The topological polar surface area (TPSA) is 76.7 Å². The molecule has 0 aliphatic rings. The molecule has 0 saturated heterocycles. The second-order valence-electron chi connectivity index (χ2n) is 6.58. The van der Waals surface area contributed by atoms with Crippen molar-refractivity contribution in [1.29, 1.82) is 0 Å². The minimum atomic E-state index is -0.451. The fourth-order valence-corrected chi connectivity index (χ4v) is 3.49. The molecule has 5 nitrogen and oxygen atoms in total. The third-order valence-electron chi connectivity index (χ3n) is 4.86. The molecule has 3 N–H and O–H groups in total. The van der Waals surface area contributed by atoms with E-state index in [1.165, 1.54) is 12.1 Å². The summed E-state index contributed by atoms with van der Waals surface area (Å²) in [4.78, 5) is 19.1. The number of hydrogen-bond acceptors (Lipinski definition) is 2. The van der Waals surface area contributed by atoms with Crippen LogP contribution in [0.15, 0.2) is 72.9 Å². The van der Waals surface area contributed by atoms with E-state index in [1.807, 2.05) is 47.2 Å². The van der Waals surface area contributed by atoms with Crippen LogP contribution in [0.25, 0.3) is 39.0 Å². The fraction of sp³-hybridized carbons (Fsp3) is 0. The molecule has 1 amide bonds. The summed E-state index contributed by atoms with van der Waals surface area (Å²) in [7, 11) is 0. The van der Waals surface area contributed by atoms with Gasteiger partial charge in [-0.2, -0.15) is 0 Å². The first kappa shape index (κ1) is 16.3. The van der Waals surface area contributed by atoms with E-state index in [-0.39, 0.29) is 5.82 Å². The van der Waals surface area contributed by atoms with Gasteiger partial charge in [-0.1, -0.05) is 12.1 Å². The summed E-state index contributed by atoms with van der Waals surface area (Å²) in [5, 5.41) is 1.01. The van der Waals surface area contributed by atoms with Crippen LogP contribution in [0.2, 0.25) is 0 Å². The van der Waals surface area contributed by atoms with Gasteiger partial charge in [0.2, 0.25) is 5.91 Å². The van der Waals surface area contributed by atoms with Crippen molar-refractivity contribution in [3.8, 4) is 17.1 Å². The van der Waals surface area contributed by atoms with Crippen LogP contribution >= 0.6 is 0 Å². The Labute approximate surface area is 159 Å². The highest BCUT2D eigenvalue weighted by Crippen LogP contribution is 2.30. The second kappa shape index (κ2) is 6.06. The number of primary amides is 1. The summed E-state index contributed by atoms with van der Waals surface area (Å²) in [6.07, 6.45) is 1.97. The maximum absolute atomic E-state index is 13.5. The zero-order valence-corrected chi connectivity index (χ0v) is 14.7. The summed E-state index contributed by atoms with van der Waals surface area (Å²) in [6, 6.07) is 19.6. The van der Waals surface area contributed by atoms with E-state index < -0.39 is 5.91 Å². The Morgan fingerprint density at radius 2 is 1.86 bits per heavy atom. The Hall–Kier alpha value is -3.93. The minimum absolute atomic E-state index is 0.300. The SMILES string of the molecule is NC(=O)c1ccc(-n2ccc3c(-c4nc5ccc(F)cc5[nH]4)cccc32)cc1. The summed E-state index contributed by atoms with van der Waals surface area (Å²) < 4.78 is 15.5. The molecule has 5 aromatic rings. The molecule has 0 fully saturated rings. The predicted octanol–water partition coefficient (Wildman–Crippen LogP) is 4.41. The lowest BCUT2D eigenvalue weighted by Crippen LogP contribution is -2.10. The molecule has 0 radical (unpaired) electrons. The van der Waals surface area contributed by atoms with E-state index >= 15 is 0 Å². The van der Waals surface area contributed by atoms with Gasteiger partial charge in [0, 0.05) is 28.4 Å². The van der Waals surface area contributed by atoms with Crippen LogP contribution in [0.3, 0.4) is 0 Å². The van der Waals surface area contributed by atoms with Gasteiger partial charge in [-0.25, -0.2) is 9.37 Å². The number of amides is 1. The van der Waals surface area contributed by atoms with E-state index in [0.717, 1.165) is 27.7 Å². The molecular formula is C22H15FN4O. The van der Waals surface area contributed by atoms with E-state index in [9.17, 15) is 9.18 Å². The van der Waals surface area contributed by atoms with E-state index in [4.69, 9.17) is 5.73 Å². The van der Waals surface area contributed by atoms with Crippen molar-refractivity contribution in [3.05, 3.63) is 84.3 Å². The van der Waals surface area contributed by atoms with Crippen LogP contribution in [0.5, 0.6) is 0 Å². The van der Waals surface area contributed by atoms with Crippen molar-refractivity contribution >= 4 is 27.8 Å². The number of nitrogens with one attached hydrogen (secondary N) is 1. The summed E-state index contributed by atoms with van der Waals surface area (Å²) in [5.41, 5.74) is 10.0. The van der Waals surface area contributed by atoms with Crippen molar-refractivity contribution in [2.45, 2.75) is 0 Å². The molecule has 0 bridgehead atoms. The minimum Gasteiger partial charge on any atom is -0.366 e. The van der Waals surface area contributed by atoms with Crippen LogP contribution < -0.4 is 5.73 Å². The molecule has 136 valence electrons. The van der Waals surface area contributed by atoms with Gasteiger partial charge in [-0.3, -0.25) is 4.79 Å². The fourth-order valence-electron chi connectivity index (χ4n) is 3.49. The van der Waals surface area contributed by atoms with Crippen molar-refractivity contribution in [2.24, 2.45) is 5.73 Å². The van der Waals surface area contributed by atoms with Crippen molar-refractivity contribution in [1.82, 2.24) is 14.5 Å². The molecule has 0 unspecified atom stereocenters. The molecule has 0 aliphatic carbocycles. The molecule has 6 heteroatoms. The number of nitrogens with zero attached hydrogens (tertiary/aromatic N) is 2. The Balaban J connectivity index is 1.64. The van der Waals surface area contributed by atoms with E-state index in [2.05, 4.69) is 9.97 Å². The Bertz CT molecular complexity index is 1350. The van der Waals surface area contributed by atoms with Crippen LogP contribution in [0.1, 0.15) is 10.4 Å². The molecule has 2 heterocycles. The molecular weight excluding hydrogens is 355 g/mol. The molecule has 2 aromatic heterocycles. The van der Waals surface area contributed by atoms with Gasteiger partial charge in [0.1, 0.15) is 11.6 Å².